The molecule has 0 spiro atoms. The summed E-state index contributed by atoms with van der Waals surface area (Å²) >= 11 is 0. The Morgan fingerprint density at radius 1 is 1.31 bits per heavy atom. The van der Waals surface area contributed by atoms with E-state index in [1.807, 2.05) is 6.07 Å². The molecule has 1 rings (SSSR count). The number of rotatable bonds is 5. The first-order valence-electron chi connectivity index (χ1n) is 5.54. The van der Waals surface area contributed by atoms with Gasteiger partial charge in [-0.05, 0) is 43.0 Å². The number of allylic oxidation sites excluding steroid dienone is 1. The number of aliphatic hydroxyl groups excluding tert-OH is 1. The SMILES string of the molecule is COCc1cccc(/C(C)=C(\C)CCO)c1. The van der Waals surface area contributed by atoms with Crippen LogP contribution < -0.4 is 0 Å². The molecular formula is C14H20O2. The summed E-state index contributed by atoms with van der Waals surface area (Å²) in [7, 11) is 1.70. The van der Waals surface area contributed by atoms with Gasteiger partial charge in [-0.3, -0.25) is 0 Å². The molecule has 0 saturated heterocycles. The summed E-state index contributed by atoms with van der Waals surface area (Å²) in [6.45, 7) is 5.01. The van der Waals surface area contributed by atoms with E-state index < -0.39 is 0 Å². The van der Waals surface area contributed by atoms with Crippen LogP contribution >= 0.6 is 0 Å². The first kappa shape index (κ1) is 12.9. The van der Waals surface area contributed by atoms with Gasteiger partial charge in [0.05, 0.1) is 6.61 Å². The van der Waals surface area contributed by atoms with Crippen molar-refractivity contribution in [3.63, 3.8) is 0 Å². The lowest BCUT2D eigenvalue weighted by Crippen LogP contribution is -1.92. The van der Waals surface area contributed by atoms with Gasteiger partial charge in [0, 0.05) is 13.7 Å². The van der Waals surface area contributed by atoms with Crippen molar-refractivity contribution in [1.82, 2.24) is 0 Å². The molecule has 0 aromatic heterocycles. The first-order chi connectivity index (χ1) is 7.69. The van der Waals surface area contributed by atoms with Gasteiger partial charge >= 0.3 is 0 Å². The maximum absolute atomic E-state index is 8.92. The molecule has 1 N–H and O–H groups in total. The van der Waals surface area contributed by atoms with Crippen LogP contribution in [0.1, 0.15) is 31.4 Å². The Labute approximate surface area is 97.6 Å². The Hall–Kier alpha value is -1.12. The maximum atomic E-state index is 8.92. The maximum Gasteiger partial charge on any atom is 0.0713 e. The third kappa shape index (κ3) is 3.47. The molecule has 2 heteroatoms. The Morgan fingerprint density at radius 2 is 2.06 bits per heavy atom. The Kier molecular flexibility index (Phi) is 5.23. The summed E-state index contributed by atoms with van der Waals surface area (Å²) in [5, 5.41) is 8.92. The molecule has 88 valence electrons. The molecule has 0 unspecified atom stereocenters. The number of ether oxygens (including phenoxy) is 1. The van der Waals surface area contributed by atoms with Crippen LogP contribution in [0.3, 0.4) is 0 Å². The molecule has 0 fully saturated rings. The van der Waals surface area contributed by atoms with Crippen LogP contribution in [0.25, 0.3) is 5.57 Å². The zero-order valence-corrected chi connectivity index (χ0v) is 10.3. The highest BCUT2D eigenvalue weighted by Crippen LogP contribution is 2.21. The van der Waals surface area contributed by atoms with E-state index in [0.29, 0.717) is 6.61 Å². The Balaban J connectivity index is 2.94. The fraction of sp³-hybridized carbons (Fsp3) is 0.429. The van der Waals surface area contributed by atoms with Gasteiger partial charge in [-0.1, -0.05) is 23.8 Å². The molecule has 0 bridgehead atoms. The summed E-state index contributed by atoms with van der Waals surface area (Å²) in [5.74, 6) is 0. The summed E-state index contributed by atoms with van der Waals surface area (Å²) < 4.78 is 5.11. The molecule has 0 aliphatic heterocycles. The first-order valence-corrected chi connectivity index (χ1v) is 5.54. The van der Waals surface area contributed by atoms with E-state index in [-0.39, 0.29) is 6.61 Å². The van der Waals surface area contributed by atoms with Crippen molar-refractivity contribution in [3.05, 3.63) is 41.0 Å². The molecule has 2 nitrogen and oxygen atoms in total. The highest BCUT2D eigenvalue weighted by molar-refractivity contribution is 5.67. The van der Waals surface area contributed by atoms with Gasteiger partial charge in [-0.25, -0.2) is 0 Å². The van der Waals surface area contributed by atoms with Gasteiger partial charge in [0.2, 0.25) is 0 Å². The molecule has 0 radical (unpaired) electrons. The molecule has 0 atom stereocenters. The van der Waals surface area contributed by atoms with Crippen LogP contribution in [0.2, 0.25) is 0 Å². The second-order valence-electron chi connectivity index (χ2n) is 4.01. The van der Waals surface area contributed by atoms with Crippen molar-refractivity contribution in [1.29, 1.82) is 0 Å². The van der Waals surface area contributed by atoms with E-state index in [9.17, 15) is 0 Å². The quantitative estimate of drug-likeness (QED) is 0.826. The zero-order chi connectivity index (χ0) is 12.0. The van der Waals surface area contributed by atoms with Crippen molar-refractivity contribution in [2.45, 2.75) is 26.9 Å². The second-order valence-corrected chi connectivity index (χ2v) is 4.01. The van der Waals surface area contributed by atoms with Gasteiger partial charge in [0.15, 0.2) is 0 Å². The summed E-state index contributed by atoms with van der Waals surface area (Å²) in [6.07, 6.45) is 0.736. The normalized spacial score (nSPS) is 12.5. The van der Waals surface area contributed by atoms with E-state index in [4.69, 9.17) is 9.84 Å². The van der Waals surface area contributed by atoms with Crippen LogP contribution in [0.4, 0.5) is 0 Å². The van der Waals surface area contributed by atoms with Gasteiger partial charge in [0.1, 0.15) is 0 Å². The molecule has 0 saturated carbocycles. The molecule has 1 aromatic rings. The van der Waals surface area contributed by atoms with E-state index >= 15 is 0 Å². The zero-order valence-electron chi connectivity index (χ0n) is 10.3. The molecule has 0 heterocycles. The van der Waals surface area contributed by atoms with Crippen molar-refractivity contribution < 1.29 is 9.84 Å². The largest absolute Gasteiger partial charge is 0.396 e. The molecule has 0 aliphatic carbocycles. The van der Waals surface area contributed by atoms with E-state index in [0.717, 1.165) is 6.42 Å². The van der Waals surface area contributed by atoms with Crippen LogP contribution in [-0.2, 0) is 11.3 Å². The molecule has 16 heavy (non-hydrogen) atoms. The molecular weight excluding hydrogens is 200 g/mol. The lowest BCUT2D eigenvalue weighted by molar-refractivity contribution is 0.185. The predicted octanol–water partition coefficient (Wildman–Crippen LogP) is 3.01. The van der Waals surface area contributed by atoms with Gasteiger partial charge < -0.3 is 9.84 Å². The van der Waals surface area contributed by atoms with E-state index in [2.05, 4.69) is 32.0 Å². The number of hydrogen-bond acceptors (Lipinski definition) is 2. The van der Waals surface area contributed by atoms with Gasteiger partial charge in [-0.2, -0.15) is 0 Å². The van der Waals surface area contributed by atoms with Crippen molar-refractivity contribution in [3.8, 4) is 0 Å². The average Bonchev–Trinajstić information content (AvgIpc) is 2.29. The van der Waals surface area contributed by atoms with Crippen molar-refractivity contribution >= 4 is 5.57 Å². The third-order valence-corrected chi connectivity index (χ3v) is 2.80. The van der Waals surface area contributed by atoms with Crippen LogP contribution in [-0.4, -0.2) is 18.8 Å². The summed E-state index contributed by atoms with van der Waals surface area (Å²) in [5.41, 5.74) is 4.86. The smallest absolute Gasteiger partial charge is 0.0713 e. The van der Waals surface area contributed by atoms with Crippen LogP contribution in [0, 0.1) is 0 Å². The predicted molar refractivity (Wildman–Crippen MR) is 67.1 cm³/mol. The van der Waals surface area contributed by atoms with E-state index in [1.165, 1.54) is 22.3 Å². The number of aliphatic hydroxyl groups is 1. The standard InChI is InChI=1S/C14H20O2/c1-11(7-8-15)12(2)14-6-4-5-13(9-14)10-16-3/h4-6,9,15H,7-8,10H2,1-3H3/b12-11+. The lowest BCUT2D eigenvalue weighted by atomic mass is 9.99. The van der Waals surface area contributed by atoms with Crippen molar-refractivity contribution in [2.75, 3.05) is 13.7 Å². The number of methoxy groups -OCH3 is 1. The van der Waals surface area contributed by atoms with Crippen LogP contribution in [0.15, 0.2) is 29.8 Å². The Bertz CT molecular complexity index is 367. The molecule has 0 amide bonds. The minimum atomic E-state index is 0.209. The minimum Gasteiger partial charge on any atom is -0.396 e. The number of benzene rings is 1. The summed E-state index contributed by atoms with van der Waals surface area (Å²) in [4.78, 5) is 0. The fourth-order valence-corrected chi connectivity index (χ4v) is 1.66. The Morgan fingerprint density at radius 3 is 2.69 bits per heavy atom. The third-order valence-electron chi connectivity index (χ3n) is 2.80. The average molecular weight is 220 g/mol. The second kappa shape index (κ2) is 6.46. The minimum absolute atomic E-state index is 0.209. The van der Waals surface area contributed by atoms with Gasteiger partial charge in [-0.15, -0.1) is 0 Å². The fourth-order valence-electron chi connectivity index (χ4n) is 1.66. The lowest BCUT2D eigenvalue weighted by Gasteiger charge is -2.09. The van der Waals surface area contributed by atoms with Crippen LogP contribution in [0.5, 0.6) is 0 Å². The highest BCUT2D eigenvalue weighted by atomic mass is 16.5. The van der Waals surface area contributed by atoms with Crippen molar-refractivity contribution in [2.24, 2.45) is 0 Å². The monoisotopic (exact) mass is 220 g/mol. The van der Waals surface area contributed by atoms with E-state index in [1.54, 1.807) is 7.11 Å². The summed E-state index contributed by atoms with van der Waals surface area (Å²) in [6, 6.07) is 8.33. The number of hydrogen-bond donors (Lipinski definition) is 1. The molecule has 0 aliphatic rings. The van der Waals surface area contributed by atoms with Gasteiger partial charge in [0.25, 0.3) is 0 Å². The molecule has 1 aromatic carbocycles. The highest BCUT2D eigenvalue weighted by Gasteiger charge is 2.01. The topological polar surface area (TPSA) is 29.5 Å².